The maximum Gasteiger partial charge on any atom is 0.251 e. The molecule has 0 saturated carbocycles. The molecule has 3 unspecified atom stereocenters. The molecule has 1 N–H and O–H groups in total. The van der Waals surface area contributed by atoms with Gasteiger partial charge in [-0.2, -0.15) is 11.8 Å². The number of nitrogens with one attached hydrogen (secondary N) is 1. The lowest BCUT2D eigenvalue weighted by molar-refractivity contribution is -0.138. The highest BCUT2D eigenvalue weighted by atomic mass is 32.2. The number of carbonyl (C=O) groups is 2. The average molecular weight is 435 g/mol. The van der Waals surface area contributed by atoms with Crippen LogP contribution < -0.4 is 10.1 Å². The van der Waals surface area contributed by atoms with E-state index >= 15 is 0 Å². The Bertz CT molecular complexity index is 698. The average Bonchev–Trinajstić information content (AvgIpc) is 3.44. The molecule has 3 atom stereocenters. The summed E-state index contributed by atoms with van der Waals surface area (Å²) in [4.78, 5) is 28.4. The molecule has 3 rings (SSSR count). The summed E-state index contributed by atoms with van der Waals surface area (Å²) in [5, 5.41) is 2.99. The van der Waals surface area contributed by atoms with Crippen molar-refractivity contribution in [3.05, 3.63) is 29.8 Å². The molecular formula is C23H34N2O4S. The van der Waals surface area contributed by atoms with Gasteiger partial charge in [0.25, 0.3) is 5.91 Å². The third-order valence-corrected chi connectivity index (χ3v) is 6.85. The SMILES string of the molecule is CCOc1ccc(C(=O)NC(C(=O)N(CC2CCCO2)C2CCSC2)C(C)C)cc1. The third kappa shape index (κ3) is 5.91. The summed E-state index contributed by atoms with van der Waals surface area (Å²) in [5.41, 5.74) is 0.527. The van der Waals surface area contributed by atoms with Crippen molar-refractivity contribution in [2.75, 3.05) is 31.3 Å². The van der Waals surface area contributed by atoms with E-state index in [-0.39, 0.29) is 29.9 Å². The second-order valence-corrected chi connectivity index (χ2v) is 9.45. The Kier molecular flexibility index (Phi) is 8.45. The van der Waals surface area contributed by atoms with Crippen molar-refractivity contribution in [1.29, 1.82) is 0 Å². The zero-order valence-electron chi connectivity index (χ0n) is 18.3. The van der Waals surface area contributed by atoms with Crippen molar-refractivity contribution in [2.24, 2.45) is 5.92 Å². The van der Waals surface area contributed by atoms with Crippen molar-refractivity contribution in [2.45, 2.75) is 58.2 Å². The molecule has 0 aliphatic carbocycles. The molecule has 30 heavy (non-hydrogen) atoms. The second-order valence-electron chi connectivity index (χ2n) is 8.30. The van der Waals surface area contributed by atoms with Gasteiger partial charge >= 0.3 is 0 Å². The van der Waals surface area contributed by atoms with Crippen LogP contribution in [0.4, 0.5) is 0 Å². The fourth-order valence-electron chi connectivity index (χ4n) is 3.98. The van der Waals surface area contributed by atoms with E-state index in [1.807, 2.05) is 37.4 Å². The molecule has 6 nitrogen and oxygen atoms in total. The summed E-state index contributed by atoms with van der Waals surface area (Å²) in [7, 11) is 0. The van der Waals surface area contributed by atoms with Crippen LogP contribution in [0.3, 0.4) is 0 Å². The van der Waals surface area contributed by atoms with Gasteiger partial charge in [-0.1, -0.05) is 13.8 Å². The summed E-state index contributed by atoms with van der Waals surface area (Å²) >= 11 is 1.89. The van der Waals surface area contributed by atoms with Crippen LogP contribution in [0, 0.1) is 5.92 Å². The Morgan fingerprint density at radius 1 is 1.27 bits per heavy atom. The Balaban J connectivity index is 1.71. The van der Waals surface area contributed by atoms with Crippen LogP contribution >= 0.6 is 11.8 Å². The van der Waals surface area contributed by atoms with Crippen LogP contribution in [0.5, 0.6) is 5.75 Å². The molecule has 2 aliphatic heterocycles. The Morgan fingerprint density at radius 3 is 2.60 bits per heavy atom. The van der Waals surface area contributed by atoms with E-state index in [4.69, 9.17) is 9.47 Å². The summed E-state index contributed by atoms with van der Waals surface area (Å²) in [6.07, 6.45) is 3.15. The minimum atomic E-state index is -0.559. The van der Waals surface area contributed by atoms with Gasteiger partial charge in [-0.15, -0.1) is 0 Å². The number of carbonyl (C=O) groups excluding carboxylic acids is 2. The first-order chi connectivity index (χ1) is 14.5. The minimum absolute atomic E-state index is 0.00675. The van der Waals surface area contributed by atoms with Gasteiger partial charge in [0, 0.05) is 30.5 Å². The van der Waals surface area contributed by atoms with Gasteiger partial charge in [0.2, 0.25) is 5.91 Å². The van der Waals surface area contributed by atoms with Crippen LogP contribution in [0.2, 0.25) is 0 Å². The number of amides is 2. The van der Waals surface area contributed by atoms with Gasteiger partial charge < -0.3 is 19.7 Å². The predicted octanol–water partition coefficient (Wildman–Crippen LogP) is 3.35. The van der Waals surface area contributed by atoms with E-state index in [1.54, 1.807) is 24.3 Å². The molecule has 166 valence electrons. The molecule has 0 radical (unpaired) electrons. The molecule has 2 heterocycles. The maximum atomic E-state index is 13.6. The number of hydrogen-bond acceptors (Lipinski definition) is 5. The fourth-order valence-corrected chi connectivity index (χ4v) is 5.20. The van der Waals surface area contributed by atoms with E-state index in [0.29, 0.717) is 18.7 Å². The largest absolute Gasteiger partial charge is 0.494 e. The normalized spacial score (nSPS) is 22.1. The molecule has 2 saturated heterocycles. The van der Waals surface area contributed by atoms with Crippen molar-refractivity contribution in [1.82, 2.24) is 10.2 Å². The first-order valence-electron chi connectivity index (χ1n) is 11.0. The lowest BCUT2D eigenvalue weighted by Crippen LogP contribution is -2.55. The lowest BCUT2D eigenvalue weighted by Gasteiger charge is -2.35. The summed E-state index contributed by atoms with van der Waals surface area (Å²) in [6.45, 7) is 7.85. The highest BCUT2D eigenvalue weighted by molar-refractivity contribution is 7.99. The predicted molar refractivity (Wildman–Crippen MR) is 120 cm³/mol. The monoisotopic (exact) mass is 434 g/mol. The maximum absolute atomic E-state index is 13.6. The second kappa shape index (κ2) is 11.0. The molecule has 0 spiro atoms. The van der Waals surface area contributed by atoms with Gasteiger partial charge in [0.1, 0.15) is 11.8 Å². The Labute approximate surface area is 184 Å². The Morgan fingerprint density at radius 2 is 2.03 bits per heavy atom. The van der Waals surface area contributed by atoms with E-state index in [1.165, 1.54) is 0 Å². The lowest BCUT2D eigenvalue weighted by atomic mass is 10.00. The molecule has 0 aromatic heterocycles. The number of nitrogens with zero attached hydrogens (tertiary/aromatic N) is 1. The molecular weight excluding hydrogens is 400 g/mol. The number of benzene rings is 1. The van der Waals surface area contributed by atoms with Crippen molar-refractivity contribution < 1.29 is 19.1 Å². The van der Waals surface area contributed by atoms with Crippen molar-refractivity contribution in [3.63, 3.8) is 0 Å². The topological polar surface area (TPSA) is 67.9 Å². The van der Waals surface area contributed by atoms with E-state index < -0.39 is 6.04 Å². The Hall–Kier alpha value is -1.73. The van der Waals surface area contributed by atoms with Crippen LogP contribution in [-0.4, -0.2) is 66.2 Å². The third-order valence-electron chi connectivity index (χ3n) is 5.70. The van der Waals surface area contributed by atoms with Crippen LogP contribution in [0.1, 0.15) is 50.4 Å². The first kappa shape index (κ1) is 22.9. The van der Waals surface area contributed by atoms with Crippen LogP contribution in [0.25, 0.3) is 0 Å². The zero-order chi connectivity index (χ0) is 21.5. The number of hydrogen-bond donors (Lipinski definition) is 1. The standard InChI is InChI=1S/C23H34N2O4S/c1-4-28-19-9-7-17(8-10-19)22(26)24-21(16(2)3)23(27)25(18-11-13-30-15-18)14-20-6-5-12-29-20/h7-10,16,18,20-21H,4-6,11-15H2,1-3H3,(H,24,26). The van der Waals surface area contributed by atoms with E-state index in [2.05, 4.69) is 5.32 Å². The molecule has 2 amide bonds. The van der Waals surface area contributed by atoms with Gasteiger partial charge in [-0.25, -0.2) is 0 Å². The van der Waals surface area contributed by atoms with Gasteiger partial charge in [-0.3, -0.25) is 9.59 Å². The van der Waals surface area contributed by atoms with Crippen molar-refractivity contribution >= 4 is 23.6 Å². The smallest absolute Gasteiger partial charge is 0.251 e. The fraction of sp³-hybridized carbons (Fsp3) is 0.652. The first-order valence-corrected chi connectivity index (χ1v) is 12.2. The zero-order valence-corrected chi connectivity index (χ0v) is 19.1. The molecule has 2 aliphatic rings. The summed E-state index contributed by atoms with van der Waals surface area (Å²) in [5.74, 6) is 2.52. The molecule has 0 bridgehead atoms. The minimum Gasteiger partial charge on any atom is -0.494 e. The molecule has 1 aromatic carbocycles. The molecule has 1 aromatic rings. The molecule has 2 fully saturated rings. The van der Waals surface area contributed by atoms with Gasteiger partial charge in [-0.05, 0) is 62.1 Å². The van der Waals surface area contributed by atoms with Crippen LogP contribution in [0.15, 0.2) is 24.3 Å². The number of ether oxygens (including phenoxy) is 2. The van der Waals surface area contributed by atoms with E-state index in [0.717, 1.165) is 43.1 Å². The van der Waals surface area contributed by atoms with Gasteiger partial charge in [0.05, 0.1) is 12.7 Å². The summed E-state index contributed by atoms with van der Waals surface area (Å²) < 4.78 is 11.3. The highest BCUT2D eigenvalue weighted by Gasteiger charge is 2.36. The number of rotatable bonds is 9. The van der Waals surface area contributed by atoms with E-state index in [9.17, 15) is 9.59 Å². The molecule has 7 heteroatoms. The highest BCUT2D eigenvalue weighted by Crippen LogP contribution is 2.26. The van der Waals surface area contributed by atoms with Gasteiger partial charge in [0.15, 0.2) is 0 Å². The van der Waals surface area contributed by atoms with Crippen LogP contribution in [-0.2, 0) is 9.53 Å². The summed E-state index contributed by atoms with van der Waals surface area (Å²) in [6, 6.07) is 6.69. The number of thioether (sulfide) groups is 1. The quantitative estimate of drug-likeness (QED) is 0.646. The van der Waals surface area contributed by atoms with Crippen molar-refractivity contribution in [3.8, 4) is 5.75 Å².